The molecule has 0 bridgehead atoms. The average Bonchev–Trinajstić information content (AvgIpc) is 2.50. The molecule has 0 aromatic heterocycles. The molecule has 104 valence electrons. The topological polar surface area (TPSA) is 63.3 Å². The minimum absolute atomic E-state index is 0.481. The van der Waals surface area contributed by atoms with Crippen LogP contribution in [-0.2, 0) is 10.2 Å². The summed E-state index contributed by atoms with van der Waals surface area (Å²) in [6, 6.07) is 18.8. The Labute approximate surface area is 119 Å². The molecule has 0 amide bonds. The van der Waals surface area contributed by atoms with Crippen LogP contribution in [0.5, 0.6) is 0 Å². The molecule has 0 atom stereocenters. The van der Waals surface area contributed by atoms with E-state index in [9.17, 15) is 9.90 Å². The molecule has 0 aliphatic carbocycles. The fourth-order valence-electron chi connectivity index (χ4n) is 2.62. The van der Waals surface area contributed by atoms with Crippen molar-refractivity contribution in [3.8, 4) is 0 Å². The summed E-state index contributed by atoms with van der Waals surface area (Å²) in [5.41, 5.74) is 6.17. The fourth-order valence-corrected chi connectivity index (χ4v) is 2.62. The summed E-state index contributed by atoms with van der Waals surface area (Å²) in [5.74, 6) is -0.830. The number of rotatable bonds is 6. The second-order valence-corrected chi connectivity index (χ2v) is 4.83. The molecule has 0 aliphatic heterocycles. The van der Waals surface area contributed by atoms with Gasteiger partial charge in [-0.25, -0.2) is 0 Å². The molecule has 0 heterocycles. The smallest absolute Gasteiger partial charge is 0.318 e. The molecule has 0 radical (unpaired) electrons. The molecular weight excluding hydrogens is 250 g/mol. The number of carboxylic acids is 1. The van der Waals surface area contributed by atoms with Gasteiger partial charge in [-0.05, 0) is 30.5 Å². The van der Waals surface area contributed by atoms with Crippen LogP contribution in [0.3, 0.4) is 0 Å². The van der Waals surface area contributed by atoms with Crippen LogP contribution in [0.15, 0.2) is 60.7 Å². The fraction of sp³-hybridized carbons (Fsp3) is 0.235. The maximum Gasteiger partial charge on any atom is 0.318 e. The van der Waals surface area contributed by atoms with Crippen LogP contribution in [0.4, 0.5) is 0 Å². The number of nitrogens with two attached hydrogens (primary N) is 1. The van der Waals surface area contributed by atoms with Crippen molar-refractivity contribution >= 4 is 5.97 Å². The Morgan fingerprint density at radius 1 is 0.950 bits per heavy atom. The van der Waals surface area contributed by atoms with E-state index in [0.717, 1.165) is 11.1 Å². The largest absolute Gasteiger partial charge is 0.480 e. The van der Waals surface area contributed by atoms with E-state index in [1.807, 2.05) is 60.7 Å². The predicted octanol–water partition coefficient (Wildman–Crippen LogP) is 2.80. The first-order chi connectivity index (χ1) is 9.71. The number of hydrogen-bond acceptors (Lipinski definition) is 2. The number of hydrogen-bond donors (Lipinski definition) is 2. The zero-order valence-electron chi connectivity index (χ0n) is 11.3. The summed E-state index contributed by atoms with van der Waals surface area (Å²) in [5, 5.41) is 9.92. The molecule has 0 fully saturated rings. The lowest BCUT2D eigenvalue weighted by molar-refractivity contribution is -0.142. The van der Waals surface area contributed by atoms with Gasteiger partial charge in [0, 0.05) is 0 Å². The minimum Gasteiger partial charge on any atom is -0.480 e. The second-order valence-electron chi connectivity index (χ2n) is 4.83. The maximum absolute atomic E-state index is 12.1. The lowest BCUT2D eigenvalue weighted by Gasteiger charge is -2.30. The van der Waals surface area contributed by atoms with Crippen LogP contribution in [0.25, 0.3) is 0 Å². The first-order valence-electron chi connectivity index (χ1n) is 6.76. The van der Waals surface area contributed by atoms with E-state index in [-0.39, 0.29) is 0 Å². The summed E-state index contributed by atoms with van der Waals surface area (Å²) < 4.78 is 0. The predicted molar refractivity (Wildman–Crippen MR) is 79.6 cm³/mol. The van der Waals surface area contributed by atoms with Gasteiger partial charge in [-0.2, -0.15) is 0 Å². The Kier molecular flexibility index (Phi) is 4.53. The lowest BCUT2D eigenvalue weighted by Crippen LogP contribution is -2.37. The van der Waals surface area contributed by atoms with Crippen molar-refractivity contribution in [2.45, 2.75) is 18.3 Å². The molecule has 2 aromatic rings. The van der Waals surface area contributed by atoms with Gasteiger partial charge in [-0.1, -0.05) is 60.7 Å². The quantitative estimate of drug-likeness (QED) is 0.847. The van der Waals surface area contributed by atoms with E-state index < -0.39 is 11.4 Å². The SMILES string of the molecule is NCCCC(C(=O)O)(c1ccccc1)c1ccccc1. The molecular formula is C17H19NO2. The second kappa shape index (κ2) is 6.35. The molecule has 0 saturated carbocycles. The third-order valence-electron chi connectivity index (χ3n) is 3.65. The molecule has 3 nitrogen and oxygen atoms in total. The number of benzene rings is 2. The highest BCUT2D eigenvalue weighted by Gasteiger charge is 2.41. The summed E-state index contributed by atoms with van der Waals surface area (Å²) in [7, 11) is 0. The van der Waals surface area contributed by atoms with Crippen LogP contribution in [-0.4, -0.2) is 17.6 Å². The van der Waals surface area contributed by atoms with Gasteiger partial charge in [0.15, 0.2) is 0 Å². The lowest BCUT2D eigenvalue weighted by atomic mass is 9.71. The van der Waals surface area contributed by atoms with Crippen LogP contribution in [0.1, 0.15) is 24.0 Å². The van der Waals surface area contributed by atoms with Gasteiger partial charge in [0.1, 0.15) is 5.41 Å². The van der Waals surface area contributed by atoms with E-state index in [4.69, 9.17) is 5.73 Å². The molecule has 3 heteroatoms. The van der Waals surface area contributed by atoms with Crippen molar-refractivity contribution in [3.05, 3.63) is 71.8 Å². The van der Waals surface area contributed by atoms with Crippen LogP contribution >= 0.6 is 0 Å². The first kappa shape index (κ1) is 14.3. The Hall–Kier alpha value is -2.13. The van der Waals surface area contributed by atoms with Crippen LogP contribution in [0.2, 0.25) is 0 Å². The van der Waals surface area contributed by atoms with E-state index in [2.05, 4.69) is 0 Å². The molecule has 0 spiro atoms. The Balaban J connectivity index is 2.60. The van der Waals surface area contributed by atoms with Gasteiger partial charge in [-0.15, -0.1) is 0 Å². The van der Waals surface area contributed by atoms with Gasteiger partial charge in [0.05, 0.1) is 0 Å². The summed E-state index contributed by atoms with van der Waals surface area (Å²) in [6.45, 7) is 0.481. The highest BCUT2D eigenvalue weighted by molar-refractivity contribution is 5.86. The van der Waals surface area contributed by atoms with Crippen molar-refractivity contribution in [3.63, 3.8) is 0 Å². The standard InChI is InChI=1S/C17H19NO2/c18-13-7-12-17(16(19)20,14-8-3-1-4-9-14)15-10-5-2-6-11-15/h1-6,8-11H,7,12-13,18H2,(H,19,20). The van der Waals surface area contributed by atoms with Gasteiger partial charge >= 0.3 is 5.97 Å². The van der Waals surface area contributed by atoms with Crippen molar-refractivity contribution in [2.24, 2.45) is 5.73 Å². The first-order valence-corrected chi connectivity index (χ1v) is 6.76. The molecule has 2 rings (SSSR count). The van der Waals surface area contributed by atoms with Gasteiger partial charge in [0.25, 0.3) is 0 Å². The third kappa shape index (κ3) is 2.58. The zero-order chi connectivity index (χ0) is 14.4. The van der Waals surface area contributed by atoms with E-state index in [0.29, 0.717) is 19.4 Å². The molecule has 20 heavy (non-hydrogen) atoms. The maximum atomic E-state index is 12.1. The van der Waals surface area contributed by atoms with Crippen molar-refractivity contribution < 1.29 is 9.90 Å². The normalized spacial score (nSPS) is 11.2. The van der Waals surface area contributed by atoms with E-state index in [1.165, 1.54) is 0 Å². The van der Waals surface area contributed by atoms with Gasteiger partial charge in [0.2, 0.25) is 0 Å². The molecule has 3 N–H and O–H groups in total. The van der Waals surface area contributed by atoms with E-state index >= 15 is 0 Å². The number of carboxylic acid groups (broad SMARTS) is 1. The van der Waals surface area contributed by atoms with Crippen LogP contribution < -0.4 is 5.73 Å². The monoisotopic (exact) mass is 269 g/mol. The summed E-state index contributed by atoms with van der Waals surface area (Å²) in [4.78, 5) is 12.1. The zero-order valence-corrected chi connectivity index (χ0v) is 11.3. The Morgan fingerprint density at radius 3 is 1.75 bits per heavy atom. The minimum atomic E-state index is -1.03. The van der Waals surface area contributed by atoms with Crippen molar-refractivity contribution in [1.29, 1.82) is 0 Å². The molecule has 0 saturated heterocycles. The Bertz CT molecular complexity index is 512. The number of carbonyl (C=O) groups is 1. The van der Waals surface area contributed by atoms with Crippen molar-refractivity contribution in [1.82, 2.24) is 0 Å². The molecule has 0 unspecified atom stereocenters. The Morgan fingerprint density at radius 2 is 1.40 bits per heavy atom. The third-order valence-corrected chi connectivity index (χ3v) is 3.65. The van der Waals surface area contributed by atoms with Gasteiger partial charge in [-0.3, -0.25) is 4.79 Å². The van der Waals surface area contributed by atoms with Gasteiger partial charge < -0.3 is 10.8 Å². The highest BCUT2D eigenvalue weighted by Crippen LogP contribution is 2.37. The molecule has 2 aromatic carbocycles. The summed E-state index contributed by atoms with van der Waals surface area (Å²) in [6.07, 6.45) is 1.16. The molecule has 0 aliphatic rings. The summed E-state index contributed by atoms with van der Waals surface area (Å²) >= 11 is 0. The number of aliphatic carboxylic acids is 1. The average molecular weight is 269 g/mol. The van der Waals surface area contributed by atoms with E-state index in [1.54, 1.807) is 0 Å². The highest BCUT2D eigenvalue weighted by atomic mass is 16.4. The van der Waals surface area contributed by atoms with Crippen molar-refractivity contribution in [2.75, 3.05) is 6.54 Å². The van der Waals surface area contributed by atoms with Crippen LogP contribution in [0, 0.1) is 0 Å².